The van der Waals surface area contributed by atoms with E-state index < -0.39 is 9.84 Å². The van der Waals surface area contributed by atoms with E-state index in [0.717, 1.165) is 22.3 Å². The van der Waals surface area contributed by atoms with Gasteiger partial charge in [0.2, 0.25) is 0 Å². The summed E-state index contributed by atoms with van der Waals surface area (Å²) >= 11 is 0. The number of piperidine rings is 1. The van der Waals surface area contributed by atoms with E-state index in [2.05, 4.69) is 0 Å². The van der Waals surface area contributed by atoms with Crippen molar-refractivity contribution in [2.75, 3.05) is 18.8 Å². The summed E-state index contributed by atoms with van der Waals surface area (Å²) in [5, 5.41) is -0.302. The molecule has 1 heterocycles. The first-order valence-electron chi connectivity index (χ1n) is 8.70. The van der Waals surface area contributed by atoms with Crippen molar-refractivity contribution in [1.29, 1.82) is 0 Å². The van der Waals surface area contributed by atoms with Crippen LogP contribution in [0.4, 0.5) is 0 Å². The van der Waals surface area contributed by atoms with Gasteiger partial charge in [0.1, 0.15) is 0 Å². The first kappa shape index (κ1) is 19.0. The third-order valence-corrected chi connectivity index (χ3v) is 7.31. The summed E-state index contributed by atoms with van der Waals surface area (Å²) in [4.78, 5) is 14.7. The molecule has 1 aromatic carbocycles. The highest BCUT2D eigenvalue weighted by Gasteiger charge is 2.32. The average Bonchev–Trinajstić information content (AvgIpc) is 2.44. The number of carbonyl (C=O) groups is 1. The molecule has 0 aliphatic carbocycles. The van der Waals surface area contributed by atoms with E-state index in [1.807, 2.05) is 51.7 Å². The van der Waals surface area contributed by atoms with Crippen molar-refractivity contribution in [2.45, 2.75) is 52.7 Å². The molecule has 5 heteroatoms. The Kier molecular flexibility index (Phi) is 5.74. The second-order valence-corrected chi connectivity index (χ2v) is 9.81. The summed E-state index contributed by atoms with van der Waals surface area (Å²) in [5.41, 5.74) is 3.91. The van der Waals surface area contributed by atoms with Crippen LogP contribution in [0.2, 0.25) is 0 Å². The smallest absolute Gasteiger partial charge is 0.254 e. The quantitative estimate of drug-likeness (QED) is 0.836. The van der Waals surface area contributed by atoms with Crippen molar-refractivity contribution in [3.8, 4) is 0 Å². The highest BCUT2D eigenvalue weighted by Crippen LogP contribution is 2.24. The molecule has 0 aromatic heterocycles. The van der Waals surface area contributed by atoms with Crippen LogP contribution < -0.4 is 0 Å². The number of hydrogen-bond acceptors (Lipinski definition) is 3. The van der Waals surface area contributed by atoms with Gasteiger partial charge in [-0.1, -0.05) is 31.5 Å². The SMILES string of the molecule is Cc1cc(C)c(C(=O)N2CCC(S(=O)(=O)CC(C)C)CC2)c(C)c1. The number of aryl methyl sites for hydroxylation is 3. The average molecular weight is 352 g/mol. The van der Waals surface area contributed by atoms with Crippen LogP contribution in [0.25, 0.3) is 0 Å². The van der Waals surface area contributed by atoms with Gasteiger partial charge in [-0.2, -0.15) is 0 Å². The van der Waals surface area contributed by atoms with Gasteiger partial charge in [0.05, 0.1) is 11.0 Å². The van der Waals surface area contributed by atoms with Crippen molar-refractivity contribution >= 4 is 15.7 Å². The van der Waals surface area contributed by atoms with Crippen molar-refractivity contribution in [2.24, 2.45) is 5.92 Å². The Balaban J connectivity index is 2.09. The molecule has 0 saturated carbocycles. The molecule has 24 heavy (non-hydrogen) atoms. The van der Waals surface area contributed by atoms with Gasteiger partial charge < -0.3 is 4.90 Å². The van der Waals surface area contributed by atoms with Gasteiger partial charge in [-0.05, 0) is 50.7 Å². The van der Waals surface area contributed by atoms with Gasteiger partial charge in [0.25, 0.3) is 5.91 Å². The minimum Gasteiger partial charge on any atom is -0.339 e. The first-order chi connectivity index (χ1) is 11.1. The predicted molar refractivity (Wildman–Crippen MR) is 98.2 cm³/mol. The Morgan fingerprint density at radius 2 is 1.62 bits per heavy atom. The van der Waals surface area contributed by atoms with Crippen LogP contribution in [0.1, 0.15) is 53.7 Å². The molecule has 0 unspecified atom stereocenters. The topological polar surface area (TPSA) is 54.5 Å². The Labute approximate surface area is 146 Å². The standard InChI is InChI=1S/C19H29NO3S/c1-13(2)12-24(22,23)17-6-8-20(9-7-17)19(21)18-15(4)10-14(3)11-16(18)5/h10-11,13,17H,6-9,12H2,1-5H3. The third-order valence-electron chi connectivity index (χ3n) is 4.69. The number of amides is 1. The van der Waals surface area contributed by atoms with Crippen LogP contribution in [0, 0.1) is 26.7 Å². The van der Waals surface area contributed by atoms with E-state index in [4.69, 9.17) is 0 Å². The number of hydrogen-bond donors (Lipinski definition) is 0. The summed E-state index contributed by atoms with van der Waals surface area (Å²) in [6, 6.07) is 4.06. The molecule has 1 aromatic rings. The molecule has 0 atom stereocenters. The van der Waals surface area contributed by atoms with E-state index in [0.29, 0.717) is 25.9 Å². The maximum Gasteiger partial charge on any atom is 0.254 e. The van der Waals surface area contributed by atoms with Crippen molar-refractivity contribution in [3.05, 3.63) is 34.4 Å². The van der Waals surface area contributed by atoms with E-state index in [-0.39, 0.29) is 22.8 Å². The van der Waals surface area contributed by atoms with Gasteiger partial charge in [0.15, 0.2) is 9.84 Å². The number of nitrogens with zero attached hydrogens (tertiary/aromatic N) is 1. The Morgan fingerprint density at radius 1 is 1.12 bits per heavy atom. The summed E-state index contributed by atoms with van der Waals surface area (Å²) in [5.74, 6) is 0.416. The molecular formula is C19H29NO3S. The second kappa shape index (κ2) is 7.26. The van der Waals surface area contributed by atoms with E-state index in [9.17, 15) is 13.2 Å². The maximum atomic E-state index is 12.9. The van der Waals surface area contributed by atoms with Gasteiger partial charge in [-0.25, -0.2) is 8.42 Å². The lowest BCUT2D eigenvalue weighted by Crippen LogP contribution is -2.43. The normalized spacial score (nSPS) is 16.7. The minimum atomic E-state index is -3.06. The summed E-state index contributed by atoms with van der Waals surface area (Å²) in [6.07, 6.45) is 1.09. The van der Waals surface area contributed by atoms with Crippen molar-refractivity contribution in [1.82, 2.24) is 4.90 Å². The third kappa shape index (κ3) is 4.18. The van der Waals surface area contributed by atoms with E-state index in [1.54, 1.807) is 0 Å². The first-order valence-corrected chi connectivity index (χ1v) is 10.4. The summed E-state index contributed by atoms with van der Waals surface area (Å²) in [7, 11) is -3.06. The molecule has 134 valence electrons. The molecule has 0 radical (unpaired) electrons. The largest absolute Gasteiger partial charge is 0.339 e. The van der Waals surface area contributed by atoms with Crippen LogP contribution in [-0.4, -0.2) is 43.3 Å². The fourth-order valence-electron chi connectivity index (χ4n) is 3.69. The number of sulfone groups is 1. The number of carbonyl (C=O) groups excluding carboxylic acids is 1. The van der Waals surface area contributed by atoms with Crippen LogP contribution in [-0.2, 0) is 9.84 Å². The zero-order chi connectivity index (χ0) is 18.1. The van der Waals surface area contributed by atoms with Gasteiger partial charge in [0, 0.05) is 18.7 Å². The Morgan fingerprint density at radius 3 is 2.08 bits per heavy atom. The molecule has 0 spiro atoms. The number of benzene rings is 1. The maximum absolute atomic E-state index is 12.9. The molecule has 4 nitrogen and oxygen atoms in total. The molecule has 1 aliphatic rings. The number of rotatable bonds is 4. The fourth-order valence-corrected chi connectivity index (χ4v) is 5.82. The van der Waals surface area contributed by atoms with Crippen LogP contribution in [0.3, 0.4) is 0 Å². The van der Waals surface area contributed by atoms with Crippen molar-refractivity contribution < 1.29 is 13.2 Å². The molecule has 1 fully saturated rings. The van der Waals surface area contributed by atoms with Gasteiger partial charge in [-0.3, -0.25) is 4.79 Å². The fraction of sp³-hybridized carbons (Fsp3) is 0.632. The van der Waals surface area contributed by atoms with Crippen LogP contribution in [0.15, 0.2) is 12.1 Å². The van der Waals surface area contributed by atoms with Gasteiger partial charge >= 0.3 is 0 Å². The molecule has 1 amide bonds. The molecule has 0 bridgehead atoms. The monoisotopic (exact) mass is 351 g/mol. The Bertz CT molecular complexity index is 691. The molecular weight excluding hydrogens is 322 g/mol. The molecule has 1 aliphatic heterocycles. The molecule has 0 N–H and O–H groups in total. The zero-order valence-electron chi connectivity index (χ0n) is 15.4. The van der Waals surface area contributed by atoms with Crippen molar-refractivity contribution in [3.63, 3.8) is 0 Å². The van der Waals surface area contributed by atoms with E-state index >= 15 is 0 Å². The molecule has 2 rings (SSSR count). The lowest BCUT2D eigenvalue weighted by Gasteiger charge is -2.32. The minimum absolute atomic E-state index is 0.0321. The lowest BCUT2D eigenvalue weighted by atomic mass is 9.98. The summed E-state index contributed by atoms with van der Waals surface area (Å²) < 4.78 is 24.8. The van der Waals surface area contributed by atoms with E-state index in [1.165, 1.54) is 0 Å². The van der Waals surface area contributed by atoms with Crippen LogP contribution in [0.5, 0.6) is 0 Å². The lowest BCUT2D eigenvalue weighted by molar-refractivity contribution is 0.0724. The second-order valence-electron chi connectivity index (χ2n) is 7.49. The zero-order valence-corrected chi connectivity index (χ0v) is 16.2. The molecule has 1 saturated heterocycles. The summed E-state index contributed by atoms with van der Waals surface area (Å²) in [6.45, 7) is 10.9. The number of likely N-dealkylation sites (tertiary alicyclic amines) is 1. The van der Waals surface area contributed by atoms with Gasteiger partial charge in [-0.15, -0.1) is 0 Å². The highest BCUT2D eigenvalue weighted by atomic mass is 32.2. The highest BCUT2D eigenvalue weighted by molar-refractivity contribution is 7.92. The predicted octanol–water partition coefficient (Wildman–Crippen LogP) is 3.29. The Hall–Kier alpha value is -1.36. The van der Waals surface area contributed by atoms with Crippen LogP contribution >= 0.6 is 0 Å².